The Bertz CT molecular complexity index is 761. The van der Waals surface area contributed by atoms with E-state index in [2.05, 4.69) is 4.98 Å². The summed E-state index contributed by atoms with van der Waals surface area (Å²) in [5.41, 5.74) is 2.65. The average molecular weight is 326 g/mol. The minimum atomic E-state index is -0.228. The molecule has 3 rings (SSSR count). The molecule has 1 aromatic heterocycles. The van der Waals surface area contributed by atoms with Gasteiger partial charge in [-0.2, -0.15) is 0 Å². The number of imidazole rings is 1. The minimum absolute atomic E-state index is 0.228. The van der Waals surface area contributed by atoms with Gasteiger partial charge in [-0.05, 0) is 43.3 Å². The molecule has 0 radical (unpaired) electrons. The first-order chi connectivity index (χ1) is 9.58. The number of nitrogens with zero attached hydrogens (tertiary/aromatic N) is 2. The summed E-state index contributed by atoms with van der Waals surface area (Å²) in [5, 5.41) is 1.08. The summed E-state index contributed by atoms with van der Waals surface area (Å²) in [6.07, 6.45) is 0. The highest BCUT2D eigenvalue weighted by Crippen LogP contribution is 2.31. The van der Waals surface area contributed by atoms with Crippen LogP contribution in [0, 0.1) is 0 Å². The van der Waals surface area contributed by atoms with Gasteiger partial charge in [0.05, 0.1) is 15.9 Å². The zero-order valence-corrected chi connectivity index (χ0v) is 12.9. The molecule has 0 aliphatic heterocycles. The van der Waals surface area contributed by atoms with E-state index in [0.717, 1.165) is 22.5 Å². The number of alkyl halides is 1. The summed E-state index contributed by atoms with van der Waals surface area (Å²) in [5.74, 6) is 0.761. The number of fused-ring (bicyclic) bond motifs is 1. The Balaban J connectivity index is 2.35. The summed E-state index contributed by atoms with van der Waals surface area (Å²) in [6.45, 7) is 1.89. The van der Waals surface area contributed by atoms with Crippen molar-refractivity contribution >= 4 is 45.8 Å². The van der Waals surface area contributed by atoms with Crippen molar-refractivity contribution in [1.82, 2.24) is 9.55 Å². The summed E-state index contributed by atoms with van der Waals surface area (Å²) in [4.78, 5) is 4.58. The first-order valence-electron chi connectivity index (χ1n) is 6.15. The maximum atomic E-state index is 6.26. The summed E-state index contributed by atoms with van der Waals surface area (Å²) < 4.78 is 2.01. The van der Waals surface area contributed by atoms with Crippen molar-refractivity contribution in [2.75, 3.05) is 0 Å². The lowest BCUT2D eigenvalue weighted by atomic mass is 10.2. The molecule has 0 N–H and O–H groups in total. The number of hydrogen-bond acceptors (Lipinski definition) is 1. The van der Waals surface area contributed by atoms with Crippen LogP contribution in [0.5, 0.6) is 0 Å². The number of para-hydroxylation sites is 1. The number of halogens is 3. The van der Waals surface area contributed by atoms with Crippen LogP contribution in [-0.4, -0.2) is 9.55 Å². The van der Waals surface area contributed by atoms with Crippen molar-refractivity contribution in [3.05, 3.63) is 58.3 Å². The molecule has 3 aromatic rings. The van der Waals surface area contributed by atoms with Crippen molar-refractivity contribution in [2.45, 2.75) is 12.3 Å². The molecule has 5 heteroatoms. The highest BCUT2D eigenvalue weighted by atomic mass is 35.5. The van der Waals surface area contributed by atoms with Gasteiger partial charge in [0.2, 0.25) is 0 Å². The first-order valence-corrected chi connectivity index (χ1v) is 7.34. The number of benzene rings is 2. The highest BCUT2D eigenvalue weighted by Gasteiger charge is 2.17. The number of aromatic nitrogens is 2. The Morgan fingerprint density at radius 3 is 2.40 bits per heavy atom. The van der Waals surface area contributed by atoms with Crippen LogP contribution in [0.2, 0.25) is 10.0 Å². The lowest BCUT2D eigenvalue weighted by Gasteiger charge is -2.10. The largest absolute Gasteiger partial charge is 0.295 e. The lowest BCUT2D eigenvalue weighted by molar-refractivity contribution is 0.882. The van der Waals surface area contributed by atoms with Gasteiger partial charge >= 0.3 is 0 Å². The predicted octanol–water partition coefficient (Wildman–Crippen LogP) is 5.63. The Hall–Kier alpha value is -1.22. The third-order valence-electron chi connectivity index (χ3n) is 3.10. The van der Waals surface area contributed by atoms with Crippen LogP contribution in [0.25, 0.3) is 16.7 Å². The molecule has 2 nitrogen and oxygen atoms in total. The van der Waals surface area contributed by atoms with Gasteiger partial charge in [-0.15, -0.1) is 11.6 Å². The molecule has 0 bridgehead atoms. The van der Waals surface area contributed by atoms with Crippen LogP contribution < -0.4 is 0 Å². The van der Waals surface area contributed by atoms with E-state index >= 15 is 0 Å². The normalized spacial score (nSPS) is 12.8. The van der Waals surface area contributed by atoms with E-state index in [9.17, 15) is 0 Å². The quantitative estimate of drug-likeness (QED) is 0.558. The van der Waals surface area contributed by atoms with E-state index < -0.39 is 0 Å². The fraction of sp³-hybridized carbons (Fsp3) is 0.133. The van der Waals surface area contributed by atoms with Gasteiger partial charge in [0.1, 0.15) is 11.3 Å². The van der Waals surface area contributed by atoms with Gasteiger partial charge in [0.15, 0.2) is 0 Å². The molecule has 0 fully saturated rings. The van der Waals surface area contributed by atoms with Crippen molar-refractivity contribution in [3.8, 4) is 5.69 Å². The van der Waals surface area contributed by atoms with E-state index in [4.69, 9.17) is 34.8 Å². The van der Waals surface area contributed by atoms with Crippen molar-refractivity contribution in [1.29, 1.82) is 0 Å². The molecule has 1 heterocycles. The van der Waals surface area contributed by atoms with E-state index in [-0.39, 0.29) is 5.38 Å². The Morgan fingerprint density at radius 1 is 1.05 bits per heavy atom. The van der Waals surface area contributed by atoms with Crippen molar-refractivity contribution in [2.24, 2.45) is 0 Å². The third kappa shape index (κ3) is 2.28. The van der Waals surface area contributed by atoms with Gasteiger partial charge < -0.3 is 0 Å². The molecular weight excluding hydrogens is 315 g/mol. The minimum Gasteiger partial charge on any atom is -0.295 e. The molecule has 0 saturated heterocycles. The maximum absolute atomic E-state index is 6.26. The molecule has 0 aliphatic rings. The van der Waals surface area contributed by atoms with Gasteiger partial charge in [-0.1, -0.05) is 29.3 Å². The molecule has 1 atom stereocenters. The van der Waals surface area contributed by atoms with Crippen LogP contribution in [0.4, 0.5) is 0 Å². The van der Waals surface area contributed by atoms with E-state index in [1.165, 1.54) is 0 Å². The monoisotopic (exact) mass is 324 g/mol. The summed E-state index contributed by atoms with van der Waals surface area (Å²) >= 11 is 18.4. The molecule has 2 aromatic carbocycles. The zero-order chi connectivity index (χ0) is 14.3. The smallest absolute Gasteiger partial charge is 0.132 e. The topological polar surface area (TPSA) is 17.8 Å². The second-order valence-electron chi connectivity index (χ2n) is 4.51. The Morgan fingerprint density at radius 2 is 1.75 bits per heavy atom. The van der Waals surface area contributed by atoms with Crippen LogP contribution in [-0.2, 0) is 0 Å². The fourth-order valence-electron chi connectivity index (χ4n) is 2.21. The second kappa shape index (κ2) is 5.28. The van der Waals surface area contributed by atoms with Gasteiger partial charge in [0, 0.05) is 10.7 Å². The molecule has 0 amide bonds. The third-order valence-corrected chi connectivity index (χ3v) is 3.85. The summed E-state index contributed by atoms with van der Waals surface area (Å²) in [6, 6.07) is 13.3. The maximum Gasteiger partial charge on any atom is 0.132 e. The number of hydrogen-bond donors (Lipinski definition) is 0. The van der Waals surface area contributed by atoms with E-state index in [1.54, 1.807) is 0 Å². The highest BCUT2D eigenvalue weighted by molar-refractivity contribution is 6.35. The van der Waals surface area contributed by atoms with Crippen LogP contribution in [0.1, 0.15) is 18.1 Å². The molecule has 1 unspecified atom stereocenters. The summed E-state index contributed by atoms with van der Waals surface area (Å²) in [7, 11) is 0. The van der Waals surface area contributed by atoms with Gasteiger partial charge in [-0.3, -0.25) is 4.57 Å². The Labute approximate surface area is 131 Å². The lowest BCUT2D eigenvalue weighted by Crippen LogP contribution is -2.01. The molecule has 102 valence electrons. The molecule has 0 aliphatic carbocycles. The first kappa shape index (κ1) is 13.7. The Kier molecular flexibility index (Phi) is 3.63. The fourth-order valence-corrected chi connectivity index (χ4v) is 2.70. The molecule has 20 heavy (non-hydrogen) atoms. The van der Waals surface area contributed by atoms with Crippen LogP contribution >= 0.6 is 34.8 Å². The second-order valence-corrected chi connectivity index (χ2v) is 6.00. The SMILES string of the molecule is CC(Cl)c1nc2c(Cl)cccc2n1-c1ccc(Cl)cc1. The van der Waals surface area contributed by atoms with Crippen molar-refractivity contribution in [3.63, 3.8) is 0 Å². The van der Waals surface area contributed by atoms with Gasteiger partial charge in [-0.25, -0.2) is 4.98 Å². The zero-order valence-electron chi connectivity index (χ0n) is 10.6. The molecular formula is C15H11Cl3N2. The average Bonchev–Trinajstić information content (AvgIpc) is 2.81. The van der Waals surface area contributed by atoms with E-state index in [0.29, 0.717) is 10.0 Å². The van der Waals surface area contributed by atoms with Crippen LogP contribution in [0.3, 0.4) is 0 Å². The van der Waals surface area contributed by atoms with Crippen molar-refractivity contribution < 1.29 is 0 Å². The van der Waals surface area contributed by atoms with Gasteiger partial charge in [0.25, 0.3) is 0 Å². The van der Waals surface area contributed by atoms with E-state index in [1.807, 2.05) is 54.0 Å². The molecule has 0 saturated carbocycles. The standard InChI is InChI=1S/C15H11Cl3N2/c1-9(16)15-19-14-12(18)3-2-4-13(14)20(15)11-7-5-10(17)6-8-11/h2-9H,1H3. The molecule has 0 spiro atoms. The van der Waals surface area contributed by atoms with Crippen LogP contribution in [0.15, 0.2) is 42.5 Å². The number of rotatable bonds is 2. The predicted molar refractivity (Wildman–Crippen MR) is 85.4 cm³/mol.